The molecule has 2 aromatic rings. The van der Waals surface area contributed by atoms with E-state index in [4.69, 9.17) is 9.47 Å². The Morgan fingerprint density at radius 3 is 2.73 bits per heavy atom. The van der Waals surface area contributed by atoms with Gasteiger partial charge in [0, 0.05) is 43.3 Å². The maximum Gasteiger partial charge on any atom is 0.254 e. The molecular weight excluding hydrogens is 302 g/mol. The number of hydrogen-bond acceptors (Lipinski definition) is 6. The molecule has 3 heterocycles. The van der Waals surface area contributed by atoms with E-state index < -0.39 is 0 Å². The van der Waals surface area contributed by atoms with Crippen molar-refractivity contribution in [3.05, 3.63) is 35.3 Å². The number of piperazine rings is 1. The third-order valence-corrected chi connectivity index (χ3v) is 4.71. The van der Waals surface area contributed by atoms with Crippen molar-refractivity contribution < 1.29 is 14.3 Å². The van der Waals surface area contributed by atoms with Gasteiger partial charge in [-0.05, 0) is 18.2 Å². The number of benzene rings is 1. The molecule has 6 nitrogen and oxygen atoms in total. The van der Waals surface area contributed by atoms with Crippen LogP contribution in [-0.2, 0) is 0 Å². The second-order valence-corrected chi connectivity index (χ2v) is 6.03. The largest absolute Gasteiger partial charge is 0.454 e. The Morgan fingerprint density at radius 1 is 1.14 bits per heavy atom. The van der Waals surface area contributed by atoms with E-state index in [0.717, 1.165) is 18.2 Å². The zero-order valence-corrected chi connectivity index (χ0v) is 12.7. The number of carbonyl (C=O) groups is 1. The quantitative estimate of drug-likeness (QED) is 0.846. The van der Waals surface area contributed by atoms with Gasteiger partial charge in [0.2, 0.25) is 6.79 Å². The van der Waals surface area contributed by atoms with Gasteiger partial charge >= 0.3 is 0 Å². The van der Waals surface area contributed by atoms with E-state index in [1.54, 1.807) is 29.5 Å². The summed E-state index contributed by atoms with van der Waals surface area (Å²) in [5.74, 6) is 1.38. The fraction of sp³-hybridized carbons (Fsp3) is 0.333. The molecule has 4 rings (SSSR count). The van der Waals surface area contributed by atoms with Crippen molar-refractivity contribution in [1.82, 2.24) is 9.88 Å². The molecule has 0 atom stereocenters. The minimum absolute atomic E-state index is 0.0390. The topological polar surface area (TPSA) is 54.9 Å². The molecular formula is C15H15N3O3S. The number of amides is 1. The first kappa shape index (κ1) is 13.4. The molecule has 114 valence electrons. The van der Waals surface area contributed by atoms with Crippen LogP contribution in [0.4, 0.5) is 5.13 Å². The molecule has 22 heavy (non-hydrogen) atoms. The highest BCUT2D eigenvalue weighted by atomic mass is 32.1. The molecule has 0 saturated carbocycles. The maximum atomic E-state index is 12.6. The van der Waals surface area contributed by atoms with Crippen molar-refractivity contribution >= 4 is 22.4 Å². The zero-order valence-electron chi connectivity index (χ0n) is 11.9. The van der Waals surface area contributed by atoms with Crippen molar-refractivity contribution in [2.45, 2.75) is 0 Å². The van der Waals surface area contributed by atoms with Crippen LogP contribution in [0.2, 0.25) is 0 Å². The molecule has 2 aliphatic heterocycles. The number of ether oxygens (including phenoxy) is 2. The van der Waals surface area contributed by atoms with Crippen LogP contribution in [0.5, 0.6) is 11.5 Å². The molecule has 0 unspecified atom stereocenters. The lowest BCUT2D eigenvalue weighted by Crippen LogP contribution is -2.48. The maximum absolute atomic E-state index is 12.6. The standard InChI is InChI=1S/C15H15N3O3S/c19-14(11-1-2-12-13(9-11)21-10-20-12)17-4-6-18(7-5-17)15-16-3-8-22-15/h1-3,8-9H,4-7,10H2. The summed E-state index contributed by atoms with van der Waals surface area (Å²) in [6.07, 6.45) is 1.81. The number of nitrogens with zero attached hydrogens (tertiary/aromatic N) is 3. The van der Waals surface area contributed by atoms with Crippen LogP contribution in [0.25, 0.3) is 0 Å². The molecule has 0 spiro atoms. The number of anilines is 1. The van der Waals surface area contributed by atoms with E-state index in [2.05, 4.69) is 9.88 Å². The van der Waals surface area contributed by atoms with E-state index in [9.17, 15) is 4.79 Å². The fourth-order valence-corrected chi connectivity index (χ4v) is 3.38. The average molecular weight is 317 g/mol. The molecule has 1 fully saturated rings. The van der Waals surface area contributed by atoms with Gasteiger partial charge in [-0.2, -0.15) is 0 Å². The van der Waals surface area contributed by atoms with Crippen LogP contribution < -0.4 is 14.4 Å². The van der Waals surface area contributed by atoms with Crippen LogP contribution in [0, 0.1) is 0 Å². The summed E-state index contributed by atoms with van der Waals surface area (Å²) in [7, 11) is 0. The Bertz CT molecular complexity index is 681. The third kappa shape index (κ3) is 2.37. The lowest BCUT2D eigenvalue weighted by atomic mass is 10.1. The molecule has 0 bridgehead atoms. The highest BCUT2D eigenvalue weighted by Gasteiger charge is 2.24. The van der Waals surface area contributed by atoms with E-state index >= 15 is 0 Å². The summed E-state index contributed by atoms with van der Waals surface area (Å²) < 4.78 is 10.6. The molecule has 0 radical (unpaired) electrons. The van der Waals surface area contributed by atoms with Gasteiger partial charge in [-0.1, -0.05) is 0 Å². The first-order chi connectivity index (χ1) is 10.8. The predicted molar refractivity (Wildman–Crippen MR) is 82.8 cm³/mol. The smallest absolute Gasteiger partial charge is 0.254 e. The normalized spacial score (nSPS) is 16.9. The van der Waals surface area contributed by atoms with E-state index in [1.807, 2.05) is 16.5 Å². The number of hydrogen-bond donors (Lipinski definition) is 0. The van der Waals surface area contributed by atoms with E-state index in [1.165, 1.54) is 0 Å². The van der Waals surface area contributed by atoms with Crippen LogP contribution in [0.1, 0.15) is 10.4 Å². The lowest BCUT2D eigenvalue weighted by Gasteiger charge is -2.34. The Hall–Kier alpha value is -2.28. The number of carbonyl (C=O) groups excluding carboxylic acids is 1. The average Bonchev–Trinajstić information content (AvgIpc) is 3.25. The molecule has 0 N–H and O–H groups in total. The summed E-state index contributed by atoms with van der Waals surface area (Å²) in [6.45, 7) is 3.24. The zero-order chi connectivity index (χ0) is 14.9. The molecule has 1 amide bonds. The minimum atomic E-state index is 0.0390. The predicted octanol–water partition coefficient (Wildman–Crippen LogP) is 1.83. The van der Waals surface area contributed by atoms with Gasteiger partial charge < -0.3 is 19.3 Å². The van der Waals surface area contributed by atoms with Gasteiger partial charge in [0.15, 0.2) is 16.6 Å². The third-order valence-electron chi connectivity index (χ3n) is 3.88. The molecule has 2 aliphatic rings. The highest BCUT2D eigenvalue weighted by molar-refractivity contribution is 7.13. The Kier molecular flexibility index (Phi) is 3.34. The van der Waals surface area contributed by atoms with Crippen LogP contribution in [0.15, 0.2) is 29.8 Å². The Labute approximate surface area is 131 Å². The summed E-state index contributed by atoms with van der Waals surface area (Å²) in [4.78, 5) is 21.0. The summed E-state index contributed by atoms with van der Waals surface area (Å²) >= 11 is 1.63. The monoisotopic (exact) mass is 317 g/mol. The molecule has 7 heteroatoms. The van der Waals surface area contributed by atoms with Gasteiger partial charge in [-0.3, -0.25) is 4.79 Å². The van der Waals surface area contributed by atoms with Gasteiger partial charge in [-0.15, -0.1) is 11.3 Å². The fourth-order valence-electron chi connectivity index (χ4n) is 2.69. The van der Waals surface area contributed by atoms with Crippen LogP contribution >= 0.6 is 11.3 Å². The first-order valence-electron chi connectivity index (χ1n) is 7.14. The second-order valence-electron chi connectivity index (χ2n) is 5.16. The molecule has 1 saturated heterocycles. The van der Waals surface area contributed by atoms with E-state index in [-0.39, 0.29) is 12.7 Å². The molecule has 1 aromatic carbocycles. The Morgan fingerprint density at radius 2 is 1.95 bits per heavy atom. The van der Waals surface area contributed by atoms with Crippen LogP contribution in [-0.4, -0.2) is 48.8 Å². The van der Waals surface area contributed by atoms with Crippen molar-refractivity contribution in [2.24, 2.45) is 0 Å². The van der Waals surface area contributed by atoms with Gasteiger partial charge in [-0.25, -0.2) is 4.98 Å². The SMILES string of the molecule is O=C(c1ccc2c(c1)OCO2)N1CCN(c2nccs2)CC1. The van der Waals surface area contributed by atoms with Gasteiger partial charge in [0.25, 0.3) is 5.91 Å². The number of aromatic nitrogens is 1. The van der Waals surface area contributed by atoms with Crippen molar-refractivity contribution in [2.75, 3.05) is 37.9 Å². The van der Waals surface area contributed by atoms with Crippen molar-refractivity contribution in [3.63, 3.8) is 0 Å². The number of thiazole rings is 1. The summed E-state index contributed by atoms with van der Waals surface area (Å²) in [5, 5.41) is 3.00. The second kappa shape index (κ2) is 5.49. The number of fused-ring (bicyclic) bond motifs is 1. The summed E-state index contributed by atoms with van der Waals surface area (Å²) in [5.41, 5.74) is 0.645. The minimum Gasteiger partial charge on any atom is -0.454 e. The van der Waals surface area contributed by atoms with Gasteiger partial charge in [0.05, 0.1) is 0 Å². The highest BCUT2D eigenvalue weighted by Crippen LogP contribution is 2.33. The van der Waals surface area contributed by atoms with Crippen molar-refractivity contribution in [1.29, 1.82) is 0 Å². The first-order valence-corrected chi connectivity index (χ1v) is 8.02. The van der Waals surface area contributed by atoms with Crippen LogP contribution in [0.3, 0.4) is 0 Å². The van der Waals surface area contributed by atoms with Crippen molar-refractivity contribution in [3.8, 4) is 11.5 Å². The van der Waals surface area contributed by atoms with Gasteiger partial charge in [0.1, 0.15) is 0 Å². The Balaban J connectivity index is 1.44. The van der Waals surface area contributed by atoms with E-state index in [0.29, 0.717) is 30.2 Å². The number of rotatable bonds is 2. The lowest BCUT2D eigenvalue weighted by molar-refractivity contribution is 0.0746. The summed E-state index contributed by atoms with van der Waals surface area (Å²) in [6, 6.07) is 5.35. The molecule has 1 aromatic heterocycles. The molecule has 0 aliphatic carbocycles.